The highest BCUT2D eigenvalue weighted by molar-refractivity contribution is 5.19. The van der Waals surface area contributed by atoms with Gasteiger partial charge in [0, 0.05) is 12.1 Å². The summed E-state index contributed by atoms with van der Waals surface area (Å²) in [5, 5.41) is 3.35. The maximum atomic E-state index is 13.5. The fourth-order valence-electron chi connectivity index (χ4n) is 2.13. The van der Waals surface area contributed by atoms with Crippen LogP contribution in [0.25, 0.3) is 0 Å². The highest BCUT2D eigenvalue weighted by Crippen LogP contribution is 2.19. The van der Waals surface area contributed by atoms with Gasteiger partial charge in [-0.05, 0) is 37.4 Å². The molecule has 2 atom stereocenters. The molecule has 0 bridgehead atoms. The van der Waals surface area contributed by atoms with E-state index in [0.29, 0.717) is 23.9 Å². The molecule has 0 aliphatic carbocycles. The maximum Gasteiger partial charge on any atom is 0.129 e. The van der Waals surface area contributed by atoms with E-state index < -0.39 is 11.6 Å². The van der Waals surface area contributed by atoms with Gasteiger partial charge in [-0.15, -0.1) is 0 Å². The quantitative estimate of drug-likeness (QED) is 0.803. The Kier molecular flexibility index (Phi) is 5.56. The van der Waals surface area contributed by atoms with Gasteiger partial charge >= 0.3 is 0 Å². The van der Waals surface area contributed by atoms with Gasteiger partial charge in [0.2, 0.25) is 0 Å². The topological polar surface area (TPSA) is 12.0 Å². The fraction of sp³-hybridized carbons (Fsp3) is 0.571. The Bertz CT molecular complexity index is 352. The van der Waals surface area contributed by atoms with Crippen molar-refractivity contribution in [1.82, 2.24) is 5.32 Å². The van der Waals surface area contributed by atoms with E-state index in [4.69, 9.17) is 0 Å². The Labute approximate surface area is 102 Å². The predicted octanol–water partition coefficient (Wildman–Crippen LogP) is 3.53. The molecule has 2 unspecified atom stereocenters. The van der Waals surface area contributed by atoms with Crippen LogP contribution in [0.1, 0.15) is 32.8 Å². The molecule has 0 spiro atoms. The first-order valence-electron chi connectivity index (χ1n) is 6.25. The van der Waals surface area contributed by atoms with Gasteiger partial charge in [0.25, 0.3) is 0 Å². The summed E-state index contributed by atoms with van der Waals surface area (Å²) in [6.07, 6.45) is 1.63. The molecule has 1 N–H and O–H groups in total. The van der Waals surface area contributed by atoms with Gasteiger partial charge in [0.05, 0.1) is 0 Å². The van der Waals surface area contributed by atoms with E-state index in [2.05, 4.69) is 26.1 Å². The van der Waals surface area contributed by atoms with Crippen LogP contribution < -0.4 is 5.32 Å². The average molecular weight is 241 g/mol. The Balaban J connectivity index is 2.73. The second-order valence-corrected chi connectivity index (χ2v) is 4.45. The smallest absolute Gasteiger partial charge is 0.129 e. The van der Waals surface area contributed by atoms with Crippen LogP contribution in [-0.4, -0.2) is 12.6 Å². The SMILES string of the molecule is CCNC(C)C(CC)Cc1ccc(F)cc1F. The molecule has 17 heavy (non-hydrogen) atoms. The van der Waals surface area contributed by atoms with E-state index >= 15 is 0 Å². The lowest BCUT2D eigenvalue weighted by molar-refractivity contribution is 0.363. The first-order chi connectivity index (χ1) is 8.08. The zero-order chi connectivity index (χ0) is 12.8. The highest BCUT2D eigenvalue weighted by Gasteiger charge is 2.17. The number of benzene rings is 1. The molecule has 0 aromatic heterocycles. The van der Waals surface area contributed by atoms with Gasteiger partial charge < -0.3 is 5.32 Å². The fourth-order valence-corrected chi connectivity index (χ4v) is 2.13. The van der Waals surface area contributed by atoms with Crippen molar-refractivity contribution in [3.05, 3.63) is 35.4 Å². The van der Waals surface area contributed by atoms with Crippen molar-refractivity contribution in [2.24, 2.45) is 5.92 Å². The molecule has 0 aliphatic rings. The van der Waals surface area contributed by atoms with Crippen molar-refractivity contribution >= 4 is 0 Å². The summed E-state index contributed by atoms with van der Waals surface area (Å²) in [5.74, 6) is -0.582. The minimum absolute atomic E-state index is 0.342. The highest BCUT2D eigenvalue weighted by atomic mass is 19.1. The summed E-state index contributed by atoms with van der Waals surface area (Å²) in [6.45, 7) is 7.17. The second-order valence-electron chi connectivity index (χ2n) is 4.45. The number of rotatable bonds is 6. The van der Waals surface area contributed by atoms with Gasteiger partial charge in [-0.3, -0.25) is 0 Å². The van der Waals surface area contributed by atoms with Crippen LogP contribution in [0.5, 0.6) is 0 Å². The average Bonchev–Trinajstić information content (AvgIpc) is 2.28. The maximum absolute atomic E-state index is 13.5. The van der Waals surface area contributed by atoms with Crippen LogP contribution in [0.2, 0.25) is 0 Å². The minimum Gasteiger partial charge on any atom is -0.314 e. The molecule has 96 valence electrons. The summed E-state index contributed by atoms with van der Waals surface area (Å²) in [4.78, 5) is 0. The van der Waals surface area contributed by atoms with E-state index in [1.165, 1.54) is 6.07 Å². The van der Waals surface area contributed by atoms with E-state index in [1.807, 2.05) is 0 Å². The Morgan fingerprint density at radius 3 is 2.47 bits per heavy atom. The number of halogens is 2. The van der Waals surface area contributed by atoms with Crippen LogP contribution >= 0.6 is 0 Å². The molecule has 0 saturated carbocycles. The summed E-state index contributed by atoms with van der Waals surface area (Å²) in [5.41, 5.74) is 0.600. The monoisotopic (exact) mass is 241 g/mol. The zero-order valence-electron chi connectivity index (χ0n) is 10.8. The van der Waals surface area contributed by atoms with E-state index in [9.17, 15) is 8.78 Å². The van der Waals surface area contributed by atoms with Crippen LogP contribution in [0.15, 0.2) is 18.2 Å². The van der Waals surface area contributed by atoms with Crippen molar-refractivity contribution in [1.29, 1.82) is 0 Å². The Morgan fingerprint density at radius 1 is 1.24 bits per heavy atom. The molecular weight excluding hydrogens is 220 g/mol. The third-order valence-corrected chi connectivity index (χ3v) is 3.25. The van der Waals surface area contributed by atoms with Gasteiger partial charge in [0.15, 0.2) is 0 Å². The summed E-state index contributed by atoms with van der Waals surface area (Å²) < 4.78 is 26.3. The number of hydrogen-bond acceptors (Lipinski definition) is 1. The van der Waals surface area contributed by atoms with E-state index in [1.54, 1.807) is 6.07 Å². The minimum atomic E-state index is -0.515. The van der Waals surface area contributed by atoms with Crippen LogP contribution in [0, 0.1) is 17.6 Å². The molecule has 0 fully saturated rings. The van der Waals surface area contributed by atoms with Crippen molar-refractivity contribution in [2.75, 3.05) is 6.54 Å². The summed E-state index contributed by atoms with van der Waals surface area (Å²) in [7, 11) is 0. The van der Waals surface area contributed by atoms with Gasteiger partial charge in [-0.1, -0.05) is 26.3 Å². The first kappa shape index (κ1) is 14.1. The Hall–Kier alpha value is -0.960. The van der Waals surface area contributed by atoms with Crippen molar-refractivity contribution in [3.8, 4) is 0 Å². The lowest BCUT2D eigenvalue weighted by Crippen LogP contribution is -2.34. The molecule has 1 aromatic rings. The van der Waals surface area contributed by atoms with E-state index in [0.717, 1.165) is 19.0 Å². The van der Waals surface area contributed by atoms with Crippen molar-refractivity contribution in [3.63, 3.8) is 0 Å². The van der Waals surface area contributed by atoms with Crippen molar-refractivity contribution in [2.45, 2.75) is 39.7 Å². The molecule has 1 nitrogen and oxygen atoms in total. The Morgan fingerprint density at radius 2 is 1.94 bits per heavy atom. The number of nitrogens with one attached hydrogen (secondary N) is 1. The van der Waals surface area contributed by atoms with Crippen LogP contribution in [0.4, 0.5) is 8.78 Å². The molecule has 0 heterocycles. The number of hydrogen-bond donors (Lipinski definition) is 1. The summed E-state index contributed by atoms with van der Waals surface area (Å²) in [6, 6.07) is 4.17. The van der Waals surface area contributed by atoms with Gasteiger partial charge in [0.1, 0.15) is 11.6 Å². The molecule has 3 heteroatoms. The lowest BCUT2D eigenvalue weighted by atomic mass is 9.90. The molecule has 0 radical (unpaired) electrons. The van der Waals surface area contributed by atoms with E-state index in [-0.39, 0.29) is 0 Å². The summed E-state index contributed by atoms with van der Waals surface area (Å²) >= 11 is 0. The largest absolute Gasteiger partial charge is 0.314 e. The molecular formula is C14H21F2N. The molecule has 1 rings (SSSR count). The zero-order valence-corrected chi connectivity index (χ0v) is 10.8. The van der Waals surface area contributed by atoms with Crippen LogP contribution in [-0.2, 0) is 6.42 Å². The van der Waals surface area contributed by atoms with Gasteiger partial charge in [-0.25, -0.2) is 8.78 Å². The molecule has 1 aromatic carbocycles. The third-order valence-electron chi connectivity index (χ3n) is 3.25. The van der Waals surface area contributed by atoms with Crippen LogP contribution in [0.3, 0.4) is 0 Å². The lowest BCUT2D eigenvalue weighted by Gasteiger charge is -2.23. The first-order valence-corrected chi connectivity index (χ1v) is 6.25. The predicted molar refractivity (Wildman–Crippen MR) is 67.0 cm³/mol. The molecule has 0 aliphatic heterocycles. The van der Waals surface area contributed by atoms with Crippen molar-refractivity contribution < 1.29 is 8.78 Å². The molecule has 0 amide bonds. The molecule has 0 saturated heterocycles. The standard InChI is InChI=1S/C14H21F2N/c1-4-11(10(3)17-5-2)8-12-6-7-13(15)9-14(12)16/h6-7,9-11,17H,4-5,8H2,1-3H3. The second kappa shape index (κ2) is 6.70. The van der Waals surface area contributed by atoms with Gasteiger partial charge in [-0.2, -0.15) is 0 Å². The normalized spacial score (nSPS) is 14.6. The third kappa shape index (κ3) is 4.08.